The maximum absolute atomic E-state index is 12.4. The Bertz CT molecular complexity index is 791. The molecule has 1 aliphatic rings. The molecular weight excluding hydrogens is 360 g/mol. The number of hydrogen-bond acceptors (Lipinski definition) is 5. The zero-order valence-corrected chi connectivity index (χ0v) is 16.6. The van der Waals surface area contributed by atoms with Gasteiger partial charge < -0.3 is 10.6 Å². The van der Waals surface area contributed by atoms with Crippen LogP contribution in [-0.2, 0) is 22.6 Å². The van der Waals surface area contributed by atoms with Gasteiger partial charge in [0.1, 0.15) is 0 Å². The van der Waals surface area contributed by atoms with Gasteiger partial charge in [-0.05, 0) is 31.9 Å². The minimum atomic E-state index is -0.0725. The summed E-state index contributed by atoms with van der Waals surface area (Å²) in [6, 6.07) is 9.88. The van der Waals surface area contributed by atoms with Crippen molar-refractivity contribution >= 4 is 28.3 Å². The first kappa shape index (κ1) is 19.5. The van der Waals surface area contributed by atoms with Crippen LogP contribution in [0.5, 0.6) is 0 Å². The predicted octanol–water partition coefficient (Wildman–Crippen LogP) is 2.59. The van der Waals surface area contributed by atoms with Gasteiger partial charge in [0.25, 0.3) is 0 Å². The fourth-order valence-electron chi connectivity index (χ4n) is 3.29. The predicted molar refractivity (Wildman–Crippen MR) is 108 cm³/mol. The number of rotatable bonds is 7. The van der Waals surface area contributed by atoms with Gasteiger partial charge in [0.2, 0.25) is 11.8 Å². The van der Waals surface area contributed by atoms with Crippen molar-refractivity contribution in [1.82, 2.24) is 15.2 Å². The minimum Gasteiger partial charge on any atom is -0.352 e. The average molecular weight is 387 g/mol. The quantitative estimate of drug-likeness (QED) is 0.767. The molecular formula is C20H26N4O2S. The number of likely N-dealkylation sites (tertiary alicyclic amines) is 1. The van der Waals surface area contributed by atoms with Gasteiger partial charge in [-0.3, -0.25) is 14.5 Å². The molecule has 27 heavy (non-hydrogen) atoms. The van der Waals surface area contributed by atoms with Crippen molar-refractivity contribution in [3.05, 3.63) is 46.5 Å². The number of nitrogens with zero attached hydrogens (tertiary/aromatic N) is 2. The number of carbonyl (C=O) groups is 2. The highest BCUT2D eigenvalue weighted by Gasteiger charge is 2.29. The van der Waals surface area contributed by atoms with Crippen molar-refractivity contribution in [3.63, 3.8) is 0 Å². The van der Waals surface area contributed by atoms with Crippen LogP contribution < -0.4 is 10.6 Å². The Balaban J connectivity index is 1.43. The van der Waals surface area contributed by atoms with Crippen LogP contribution in [0, 0.1) is 12.8 Å². The summed E-state index contributed by atoms with van der Waals surface area (Å²) >= 11 is 1.51. The monoisotopic (exact) mass is 386 g/mol. The van der Waals surface area contributed by atoms with Crippen LogP contribution in [0.15, 0.2) is 30.3 Å². The molecule has 0 spiro atoms. The Morgan fingerprint density at radius 3 is 2.78 bits per heavy atom. The number of thiazole rings is 1. The van der Waals surface area contributed by atoms with E-state index in [1.54, 1.807) is 0 Å². The lowest BCUT2D eigenvalue weighted by Crippen LogP contribution is -2.35. The molecule has 3 rings (SSSR count). The first-order valence-electron chi connectivity index (χ1n) is 9.35. The van der Waals surface area contributed by atoms with E-state index in [2.05, 4.69) is 22.5 Å². The second-order valence-electron chi connectivity index (χ2n) is 6.85. The molecule has 1 atom stereocenters. The lowest BCUT2D eigenvalue weighted by molar-refractivity contribution is -0.125. The highest BCUT2D eigenvalue weighted by atomic mass is 32.1. The van der Waals surface area contributed by atoms with Gasteiger partial charge in [-0.1, -0.05) is 37.3 Å². The van der Waals surface area contributed by atoms with Gasteiger partial charge in [0, 0.05) is 18.0 Å². The third-order valence-corrected chi connectivity index (χ3v) is 5.72. The van der Waals surface area contributed by atoms with Crippen molar-refractivity contribution < 1.29 is 9.59 Å². The molecule has 1 aliphatic heterocycles. The SMILES string of the molecule is CCc1nc(NC(=O)CN2CCC(C(=O)NCc3ccccc3)C2)sc1C. The summed E-state index contributed by atoms with van der Waals surface area (Å²) < 4.78 is 0. The molecule has 0 bridgehead atoms. The largest absolute Gasteiger partial charge is 0.352 e. The Hall–Kier alpha value is -2.25. The molecule has 2 amide bonds. The highest BCUT2D eigenvalue weighted by molar-refractivity contribution is 7.15. The molecule has 2 heterocycles. The van der Waals surface area contributed by atoms with E-state index in [1.807, 2.05) is 42.2 Å². The molecule has 2 aromatic rings. The third kappa shape index (κ3) is 5.37. The van der Waals surface area contributed by atoms with Crippen LogP contribution >= 0.6 is 11.3 Å². The second-order valence-corrected chi connectivity index (χ2v) is 8.05. The van der Waals surface area contributed by atoms with Crippen LogP contribution in [0.1, 0.15) is 29.5 Å². The van der Waals surface area contributed by atoms with Crippen molar-refractivity contribution in [2.24, 2.45) is 5.92 Å². The molecule has 0 aliphatic carbocycles. The van der Waals surface area contributed by atoms with Crippen LogP contribution in [-0.4, -0.2) is 41.3 Å². The van der Waals surface area contributed by atoms with E-state index in [4.69, 9.17) is 0 Å². The first-order valence-corrected chi connectivity index (χ1v) is 10.2. The van der Waals surface area contributed by atoms with E-state index in [0.29, 0.717) is 24.8 Å². The van der Waals surface area contributed by atoms with Crippen molar-refractivity contribution in [2.45, 2.75) is 33.2 Å². The fraction of sp³-hybridized carbons (Fsp3) is 0.450. The summed E-state index contributed by atoms with van der Waals surface area (Å²) in [7, 11) is 0. The average Bonchev–Trinajstić information content (AvgIpc) is 3.26. The molecule has 1 aromatic carbocycles. The van der Waals surface area contributed by atoms with E-state index in [-0.39, 0.29) is 17.7 Å². The summed E-state index contributed by atoms with van der Waals surface area (Å²) in [5.74, 6) is -0.0723. The molecule has 1 aromatic heterocycles. The molecule has 1 fully saturated rings. The van der Waals surface area contributed by atoms with Gasteiger partial charge in [-0.25, -0.2) is 4.98 Å². The van der Waals surface area contributed by atoms with Crippen LogP contribution in [0.4, 0.5) is 5.13 Å². The smallest absolute Gasteiger partial charge is 0.240 e. The van der Waals surface area contributed by atoms with Gasteiger partial charge in [0.05, 0.1) is 18.2 Å². The number of carbonyl (C=O) groups excluding carboxylic acids is 2. The van der Waals surface area contributed by atoms with Gasteiger partial charge in [-0.2, -0.15) is 0 Å². The van der Waals surface area contributed by atoms with Gasteiger partial charge in [-0.15, -0.1) is 11.3 Å². The van der Waals surface area contributed by atoms with Crippen molar-refractivity contribution in [3.8, 4) is 0 Å². The first-order chi connectivity index (χ1) is 13.0. The Labute approximate surface area is 164 Å². The summed E-state index contributed by atoms with van der Waals surface area (Å²) in [5, 5.41) is 6.53. The zero-order chi connectivity index (χ0) is 19.2. The van der Waals surface area contributed by atoms with Crippen LogP contribution in [0.25, 0.3) is 0 Å². The summed E-state index contributed by atoms with van der Waals surface area (Å²) in [5.41, 5.74) is 2.12. The zero-order valence-electron chi connectivity index (χ0n) is 15.8. The number of anilines is 1. The number of nitrogens with one attached hydrogen (secondary N) is 2. The Morgan fingerprint density at radius 1 is 1.30 bits per heavy atom. The standard InChI is InChI=1S/C20H26N4O2S/c1-3-17-14(2)27-20(22-17)23-18(25)13-24-10-9-16(12-24)19(26)21-11-15-7-5-4-6-8-15/h4-8,16H,3,9-13H2,1-2H3,(H,21,26)(H,22,23,25). The molecule has 1 saturated heterocycles. The molecule has 1 unspecified atom stereocenters. The second kappa shape index (κ2) is 9.10. The maximum atomic E-state index is 12.4. The number of amides is 2. The summed E-state index contributed by atoms with van der Waals surface area (Å²) in [6.07, 6.45) is 1.65. The van der Waals surface area contributed by atoms with E-state index in [9.17, 15) is 9.59 Å². The van der Waals surface area contributed by atoms with Crippen molar-refractivity contribution in [2.75, 3.05) is 25.0 Å². The van der Waals surface area contributed by atoms with E-state index in [0.717, 1.165) is 35.5 Å². The van der Waals surface area contributed by atoms with Crippen LogP contribution in [0.3, 0.4) is 0 Å². The van der Waals surface area contributed by atoms with E-state index in [1.165, 1.54) is 11.3 Å². The van der Waals surface area contributed by atoms with Crippen LogP contribution in [0.2, 0.25) is 0 Å². The normalized spacial score (nSPS) is 17.0. The number of aryl methyl sites for hydroxylation is 2. The van der Waals surface area contributed by atoms with Crippen molar-refractivity contribution in [1.29, 1.82) is 0 Å². The lowest BCUT2D eigenvalue weighted by atomic mass is 10.1. The Kier molecular flexibility index (Phi) is 6.58. The molecule has 7 heteroatoms. The Morgan fingerprint density at radius 2 is 2.07 bits per heavy atom. The molecule has 0 saturated carbocycles. The third-order valence-electron chi connectivity index (χ3n) is 4.79. The number of hydrogen-bond donors (Lipinski definition) is 2. The van der Waals surface area contributed by atoms with Gasteiger partial charge >= 0.3 is 0 Å². The fourth-order valence-corrected chi connectivity index (χ4v) is 4.21. The maximum Gasteiger partial charge on any atom is 0.240 e. The molecule has 0 radical (unpaired) electrons. The van der Waals surface area contributed by atoms with E-state index >= 15 is 0 Å². The molecule has 6 nitrogen and oxygen atoms in total. The summed E-state index contributed by atoms with van der Waals surface area (Å²) in [4.78, 5) is 32.3. The number of aromatic nitrogens is 1. The molecule has 2 N–H and O–H groups in total. The highest BCUT2D eigenvalue weighted by Crippen LogP contribution is 2.22. The lowest BCUT2D eigenvalue weighted by Gasteiger charge is -2.15. The minimum absolute atomic E-state index is 0.0599. The number of benzene rings is 1. The van der Waals surface area contributed by atoms with Gasteiger partial charge in [0.15, 0.2) is 5.13 Å². The topological polar surface area (TPSA) is 74.3 Å². The van der Waals surface area contributed by atoms with E-state index < -0.39 is 0 Å². The molecule has 144 valence electrons. The summed E-state index contributed by atoms with van der Waals surface area (Å²) in [6.45, 7) is 6.29.